The molecule has 0 unspecified atom stereocenters. The molecule has 1 aliphatic heterocycles. The number of hydrogen-bond donors (Lipinski definition) is 0. The molecule has 2 aromatic heterocycles. The number of allylic oxidation sites excluding steroid dienone is 3. The normalized spacial score (nSPS) is 12.9. The number of aromatic nitrogens is 4. The Morgan fingerprint density at radius 1 is 0.509 bits per heavy atom. The van der Waals surface area contributed by atoms with Gasteiger partial charge in [0.15, 0.2) is 11.6 Å². The zero-order chi connectivity index (χ0) is 38.8. The maximum absolute atomic E-state index is 5.26. The summed E-state index contributed by atoms with van der Waals surface area (Å²) in [6.07, 6.45) is 6.52. The van der Waals surface area contributed by atoms with Crippen LogP contribution >= 0.6 is 11.8 Å². The van der Waals surface area contributed by atoms with Crippen molar-refractivity contribution in [3.05, 3.63) is 205 Å². The van der Waals surface area contributed by atoms with Crippen LogP contribution in [0.5, 0.6) is 0 Å². The molecule has 0 saturated heterocycles. The van der Waals surface area contributed by atoms with E-state index in [-0.39, 0.29) is 5.41 Å². The van der Waals surface area contributed by atoms with E-state index in [0.29, 0.717) is 18.1 Å². The van der Waals surface area contributed by atoms with Gasteiger partial charge in [0, 0.05) is 55.1 Å². The summed E-state index contributed by atoms with van der Waals surface area (Å²) in [5, 5.41) is 0. The van der Waals surface area contributed by atoms with E-state index in [1.54, 1.807) is 6.08 Å². The minimum absolute atomic E-state index is 0.138. The molecule has 0 spiro atoms. The summed E-state index contributed by atoms with van der Waals surface area (Å²) < 4.78 is 0. The van der Waals surface area contributed by atoms with Crippen LogP contribution in [0.2, 0.25) is 0 Å². The van der Waals surface area contributed by atoms with Gasteiger partial charge in [-0.05, 0) is 40.5 Å². The molecule has 1 aliphatic rings. The fourth-order valence-electron chi connectivity index (χ4n) is 7.54. The van der Waals surface area contributed by atoms with E-state index in [1.165, 1.54) is 32.0 Å². The third-order valence-corrected chi connectivity index (χ3v) is 11.8. The van der Waals surface area contributed by atoms with Crippen LogP contribution in [0.1, 0.15) is 30.7 Å². The quantitative estimate of drug-likeness (QED) is 0.137. The standard InChI is InChI=1S/C52H40N4S/c1-4-5-8-20-41-33-47(42-21-15-23-44-49(42)57-48-24-14-13-22-43(48)52(44,2)3)56-50(53-41)40-31-29-38(30-32-40)46-34-45(54-51(55-46)39-18-11-7-12-19-39)37-27-25-36(26-28-37)35-16-9-6-10-17-35/h4-19,21-34H,1,20H2,2-3H3/b8-5-. The van der Waals surface area contributed by atoms with Crippen LogP contribution in [0.4, 0.5) is 0 Å². The molecule has 0 amide bonds. The van der Waals surface area contributed by atoms with Crippen molar-refractivity contribution >= 4 is 11.8 Å². The highest BCUT2D eigenvalue weighted by Crippen LogP contribution is 2.52. The summed E-state index contributed by atoms with van der Waals surface area (Å²) in [4.78, 5) is 23.0. The Labute approximate surface area is 338 Å². The predicted octanol–water partition coefficient (Wildman–Crippen LogP) is 13.3. The average Bonchev–Trinajstić information content (AvgIpc) is 3.27. The number of nitrogens with zero attached hydrogens (tertiary/aromatic N) is 4. The zero-order valence-corrected chi connectivity index (χ0v) is 32.7. The lowest BCUT2D eigenvalue weighted by Crippen LogP contribution is -2.24. The first-order valence-corrected chi connectivity index (χ1v) is 20.0. The largest absolute Gasteiger partial charge is 0.233 e. The first kappa shape index (κ1) is 36.0. The van der Waals surface area contributed by atoms with Crippen LogP contribution in [0.3, 0.4) is 0 Å². The average molecular weight is 753 g/mol. The summed E-state index contributed by atoms with van der Waals surface area (Å²) in [7, 11) is 0. The van der Waals surface area contributed by atoms with Gasteiger partial charge in [-0.25, -0.2) is 19.9 Å². The first-order valence-electron chi connectivity index (χ1n) is 19.2. The van der Waals surface area contributed by atoms with Crippen molar-refractivity contribution in [2.75, 3.05) is 0 Å². The Hall–Kier alpha value is -6.69. The highest BCUT2D eigenvalue weighted by atomic mass is 32.2. The van der Waals surface area contributed by atoms with Gasteiger partial charge in [0.05, 0.1) is 17.1 Å². The Morgan fingerprint density at radius 3 is 1.72 bits per heavy atom. The van der Waals surface area contributed by atoms with Crippen LogP contribution < -0.4 is 0 Å². The smallest absolute Gasteiger partial charge is 0.160 e. The minimum atomic E-state index is -0.138. The minimum Gasteiger partial charge on any atom is -0.233 e. The van der Waals surface area contributed by atoms with Gasteiger partial charge in [-0.2, -0.15) is 0 Å². The molecule has 57 heavy (non-hydrogen) atoms. The molecule has 5 heteroatoms. The third kappa shape index (κ3) is 7.26. The molecule has 0 N–H and O–H groups in total. The van der Waals surface area contributed by atoms with Crippen molar-refractivity contribution < 1.29 is 0 Å². The summed E-state index contributed by atoms with van der Waals surface area (Å²) in [5.41, 5.74) is 13.5. The summed E-state index contributed by atoms with van der Waals surface area (Å²) in [6.45, 7) is 8.50. The molecular weight excluding hydrogens is 713 g/mol. The Morgan fingerprint density at radius 2 is 1.04 bits per heavy atom. The molecule has 0 aliphatic carbocycles. The summed E-state index contributed by atoms with van der Waals surface area (Å²) in [6, 6.07) is 57.2. The fraction of sp³-hybridized carbons (Fsp3) is 0.0769. The molecule has 0 fully saturated rings. The van der Waals surface area contributed by atoms with Crippen molar-refractivity contribution in [3.63, 3.8) is 0 Å². The summed E-state index contributed by atoms with van der Waals surface area (Å²) >= 11 is 1.83. The topological polar surface area (TPSA) is 51.6 Å². The molecule has 0 atom stereocenters. The SMILES string of the molecule is C=C/C=C\Cc1cc(-c2cccc3c2Sc2ccccc2C3(C)C)nc(-c2ccc(-c3cc(-c4ccc(-c5ccccc5)cc4)nc(-c4ccccc4)n3)cc2)n1. The molecule has 3 heterocycles. The summed E-state index contributed by atoms with van der Waals surface area (Å²) in [5.74, 6) is 1.37. The zero-order valence-electron chi connectivity index (χ0n) is 31.9. The van der Waals surface area contributed by atoms with Gasteiger partial charge >= 0.3 is 0 Å². The lowest BCUT2D eigenvalue weighted by atomic mass is 9.77. The van der Waals surface area contributed by atoms with E-state index in [2.05, 4.69) is 166 Å². The molecule has 0 bridgehead atoms. The van der Waals surface area contributed by atoms with Gasteiger partial charge in [-0.15, -0.1) is 0 Å². The van der Waals surface area contributed by atoms with Gasteiger partial charge in [0.1, 0.15) is 0 Å². The van der Waals surface area contributed by atoms with E-state index in [9.17, 15) is 0 Å². The van der Waals surface area contributed by atoms with E-state index in [1.807, 2.05) is 42.1 Å². The van der Waals surface area contributed by atoms with Gasteiger partial charge in [0.25, 0.3) is 0 Å². The van der Waals surface area contributed by atoms with Gasteiger partial charge < -0.3 is 0 Å². The van der Waals surface area contributed by atoms with Crippen LogP contribution in [-0.2, 0) is 11.8 Å². The number of benzene rings is 6. The maximum atomic E-state index is 5.26. The van der Waals surface area contributed by atoms with Gasteiger partial charge in [0.2, 0.25) is 0 Å². The molecule has 9 rings (SSSR count). The lowest BCUT2D eigenvalue weighted by molar-refractivity contribution is 0.608. The second kappa shape index (κ2) is 15.4. The predicted molar refractivity (Wildman–Crippen MR) is 236 cm³/mol. The highest BCUT2D eigenvalue weighted by Gasteiger charge is 2.34. The van der Waals surface area contributed by atoms with Crippen molar-refractivity contribution in [3.8, 4) is 67.7 Å². The molecule has 8 aromatic rings. The monoisotopic (exact) mass is 752 g/mol. The highest BCUT2D eigenvalue weighted by molar-refractivity contribution is 7.99. The Kier molecular flexibility index (Phi) is 9.75. The van der Waals surface area contributed by atoms with E-state index in [0.717, 1.165) is 50.6 Å². The van der Waals surface area contributed by atoms with Crippen LogP contribution in [0, 0.1) is 0 Å². The third-order valence-electron chi connectivity index (χ3n) is 10.6. The number of rotatable bonds is 9. The number of hydrogen-bond acceptors (Lipinski definition) is 5. The molecule has 0 saturated carbocycles. The van der Waals surface area contributed by atoms with Crippen LogP contribution in [0.15, 0.2) is 198 Å². The van der Waals surface area contributed by atoms with Crippen LogP contribution in [-0.4, -0.2) is 19.9 Å². The fourth-order valence-corrected chi connectivity index (χ4v) is 9.05. The molecular formula is C52H40N4S. The first-order chi connectivity index (χ1) is 27.9. The second-order valence-electron chi connectivity index (χ2n) is 14.7. The molecule has 274 valence electrons. The lowest BCUT2D eigenvalue weighted by Gasteiger charge is -2.35. The van der Waals surface area contributed by atoms with E-state index >= 15 is 0 Å². The Bertz CT molecular complexity index is 2760. The van der Waals surface area contributed by atoms with Crippen molar-refractivity contribution in [1.29, 1.82) is 0 Å². The molecule has 6 aromatic carbocycles. The van der Waals surface area contributed by atoms with E-state index < -0.39 is 0 Å². The molecule has 4 nitrogen and oxygen atoms in total. The number of fused-ring (bicyclic) bond motifs is 2. The molecule has 0 radical (unpaired) electrons. The van der Waals surface area contributed by atoms with Crippen molar-refractivity contribution in [2.45, 2.75) is 35.5 Å². The maximum Gasteiger partial charge on any atom is 0.160 e. The van der Waals surface area contributed by atoms with Crippen molar-refractivity contribution in [2.24, 2.45) is 0 Å². The van der Waals surface area contributed by atoms with Gasteiger partial charge in [-0.3, -0.25) is 0 Å². The second-order valence-corrected chi connectivity index (χ2v) is 15.7. The Balaban J connectivity index is 1.10. The van der Waals surface area contributed by atoms with Gasteiger partial charge in [-0.1, -0.05) is 196 Å². The van der Waals surface area contributed by atoms with Crippen molar-refractivity contribution in [1.82, 2.24) is 19.9 Å². The van der Waals surface area contributed by atoms with Crippen LogP contribution in [0.25, 0.3) is 67.7 Å². The van der Waals surface area contributed by atoms with E-state index in [4.69, 9.17) is 19.9 Å².